The standard InChI is InChI=1S/C14H18N4O2.ClH/c1-10-17-13(20-18-10)7-8-16-14(19)12(15)9-11-5-3-2-4-6-11;/h2-6,12H,7-9,15H2,1H3,(H,16,19);1H. The summed E-state index contributed by atoms with van der Waals surface area (Å²) in [6, 6.07) is 9.14. The number of halogens is 1. The molecule has 0 aliphatic carbocycles. The maximum atomic E-state index is 11.8. The van der Waals surface area contributed by atoms with Crippen molar-refractivity contribution in [1.29, 1.82) is 0 Å². The van der Waals surface area contributed by atoms with Gasteiger partial charge < -0.3 is 15.6 Å². The Balaban J connectivity index is 0.00000220. The number of aromatic nitrogens is 2. The fourth-order valence-corrected chi connectivity index (χ4v) is 1.83. The topological polar surface area (TPSA) is 94.0 Å². The highest BCUT2D eigenvalue weighted by Crippen LogP contribution is 2.02. The molecule has 0 radical (unpaired) electrons. The Hall–Kier alpha value is -1.92. The Bertz CT molecular complexity index is 559. The molecule has 1 atom stereocenters. The van der Waals surface area contributed by atoms with Crippen LogP contribution in [0.2, 0.25) is 0 Å². The molecule has 0 bridgehead atoms. The molecule has 0 fully saturated rings. The molecular formula is C14H19ClN4O2. The van der Waals surface area contributed by atoms with Crippen LogP contribution in [0, 0.1) is 6.92 Å². The van der Waals surface area contributed by atoms with Crippen molar-refractivity contribution in [3.8, 4) is 0 Å². The highest BCUT2D eigenvalue weighted by molar-refractivity contribution is 5.85. The fraction of sp³-hybridized carbons (Fsp3) is 0.357. The van der Waals surface area contributed by atoms with Gasteiger partial charge in [-0.2, -0.15) is 4.98 Å². The summed E-state index contributed by atoms with van der Waals surface area (Å²) in [6.45, 7) is 2.18. The van der Waals surface area contributed by atoms with Crippen molar-refractivity contribution in [3.63, 3.8) is 0 Å². The van der Waals surface area contributed by atoms with Crippen molar-refractivity contribution < 1.29 is 9.32 Å². The quantitative estimate of drug-likeness (QED) is 0.831. The predicted octanol–water partition coefficient (Wildman–Crippen LogP) is 1.03. The molecule has 2 rings (SSSR count). The summed E-state index contributed by atoms with van der Waals surface area (Å²) >= 11 is 0. The fourth-order valence-electron chi connectivity index (χ4n) is 1.83. The van der Waals surface area contributed by atoms with E-state index in [1.807, 2.05) is 30.3 Å². The van der Waals surface area contributed by atoms with E-state index < -0.39 is 6.04 Å². The zero-order valence-corrected chi connectivity index (χ0v) is 12.6. The summed E-state index contributed by atoms with van der Waals surface area (Å²) < 4.78 is 4.96. The molecule has 114 valence electrons. The van der Waals surface area contributed by atoms with Gasteiger partial charge in [0.2, 0.25) is 11.8 Å². The lowest BCUT2D eigenvalue weighted by atomic mass is 10.1. The summed E-state index contributed by atoms with van der Waals surface area (Å²) in [5.74, 6) is 0.927. The van der Waals surface area contributed by atoms with Crippen LogP contribution in [0.5, 0.6) is 0 Å². The third-order valence-corrected chi connectivity index (χ3v) is 2.84. The number of hydrogen-bond acceptors (Lipinski definition) is 5. The van der Waals surface area contributed by atoms with Crippen LogP contribution in [-0.4, -0.2) is 28.6 Å². The van der Waals surface area contributed by atoms with Crippen LogP contribution in [0.1, 0.15) is 17.3 Å². The molecule has 1 aromatic heterocycles. The second kappa shape index (κ2) is 8.39. The zero-order valence-electron chi connectivity index (χ0n) is 11.8. The molecule has 0 aliphatic rings. The monoisotopic (exact) mass is 310 g/mol. The van der Waals surface area contributed by atoms with Crippen LogP contribution in [0.3, 0.4) is 0 Å². The molecule has 0 spiro atoms. The first-order valence-electron chi connectivity index (χ1n) is 6.51. The summed E-state index contributed by atoms with van der Waals surface area (Å²) in [7, 11) is 0. The first-order chi connectivity index (χ1) is 9.65. The summed E-state index contributed by atoms with van der Waals surface area (Å²) in [4.78, 5) is 15.9. The Kier molecular flexibility index (Phi) is 6.84. The number of hydrogen-bond donors (Lipinski definition) is 2. The van der Waals surface area contributed by atoms with Crippen molar-refractivity contribution in [2.45, 2.75) is 25.8 Å². The largest absolute Gasteiger partial charge is 0.354 e. The van der Waals surface area contributed by atoms with E-state index in [9.17, 15) is 4.79 Å². The third-order valence-electron chi connectivity index (χ3n) is 2.84. The van der Waals surface area contributed by atoms with Gasteiger partial charge in [-0.25, -0.2) is 0 Å². The predicted molar refractivity (Wildman–Crippen MR) is 81.1 cm³/mol. The zero-order chi connectivity index (χ0) is 14.4. The summed E-state index contributed by atoms with van der Waals surface area (Å²) in [5, 5.41) is 6.45. The maximum Gasteiger partial charge on any atom is 0.237 e. The second-order valence-corrected chi connectivity index (χ2v) is 4.57. The minimum Gasteiger partial charge on any atom is -0.354 e. The van der Waals surface area contributed by atoms with Gasteiger partial charge >= 0.3 is 0 Å². The molecule has 0 saturated carbocycles. The molecule has 2 aromatic rings. The molecule has 1 amide bonds. The van der Waals surface area contributed by atoms with Crippen molar-refractivity contribution in [3.05, 3.63) is 47.6 Å². The van der Waals surface area contributed by atoms with Crippen LogP contribution in [-0.2, 0) is 17.6 Å². The summed E-state index contributed by atoms with van der Waals surface area (Å²) in [6.07, 6.45) is 1.02. The number of carbonyl (C=O) groups is 1. The van der Waals surface area contributed by atoms with Gasteiger partial charge in [0, 0.05) is 13.0 Å². The van der Waals surface area contributed by atoms with Crippen LogP contribution in [0.4, 0.5) is 0 Å². The van der Waals surface area contributed by atoms with Crippen LogP contribution >= 0.6 is 12.4 Å². The SMILES string of the molecule is Cc1noc(CCNC(=O)C(N)Cc2ccccc2)n1.Cl. The molecule has 7 heteroatoms. The number of nitrogens with zero attached hydrogens (tertiary/aromatic N) is 2. The highest BCUT2D eigenvalue weighted by atomic mass is 35.5. The van der Waals surface area contributed by atoms with E-state index in [1.165, 1.54) is 0 Å². The van der Waals surface area contributed by atoms with Crippen LogP contribution in [0.15, 0.2) is 34.9 Å². The van der Waals surface area contributed by atoms with Gasteiger partial charge in [0.1, 0.15) is 0 Å². The van der Waals surface area contributed by atoms with Gasteiger partial charge in [0.05, 0.1) is 6.04 Å². The number of nitrogens with two attached hydrogens (primary N) is 1. The minimum atomic E-state index is -0.554. The molecule has 1 aromatic carbocycles. The van der Waals surface area contributed by atoms with Crippen LogP contribution in [0.25, 0.3) is 0 Å². The van der Waals surface area contributed by atoms with Gasteiger partial charge in [-0.05, 0) is 18.9 Å². The van der Waals surface area contributed by atoms with Gasteiger partial charge in [-0.3, -0.25) is 4.79 Å². The number of nitrogens with one attached hydrogen (secondary N) is 1. The van der Waals surface area contributed by atoms with E-state index in [1.54, 1.807) is 6.92 Å². The van der Waals surface area contributed by atoms with E-state index in [4.69, 9.17) is 10.3 Å². The van der Waals surface area contributed by atoms with Crippen molar-refractivity contribution in [1.82, 2.24) is 15.5 Å². The second-order valence-electron chi connectivity index (χ2n) is 4.57. The number of amides is 1. The lowest BCUT2D eigenvalue weighted by Crippen LogP contribution is -2.42. The summed E-state index contributed by atoms with van der Waals surface area (Å²) in [5.41, 5.74) is 6.91. The lowest BCUT2D eigenvalue weighted by molar-refractivity contribution is -0.122. The minimum absolute atomic E-state index is 0. The molecule has 0 aliphatic heterocycles. The Labute approximate surface area is 129 Å². The first kappa shape index (κ1) is 17.1. The molecule has 6 nitrogen and oxygen atoms in total. The van der Waals surface area contributed by atoms with E-state index in [-0.39, 0.29) is 18.3 Å². The Morgan fingerprint density at radius 3 is 2.71 bits per heavy atom. The number of aryl methyl sites for hydroxylation is 1. The Morgan fingerprint density at radius 2 is 2.10 bits per heavy atom. The first-order valence-corrected chi connectivity index (χ1v) is 6.51. The van der Waals surface area contributed by atoms with Crippen LogP contribution < -0.4 is 11.1 Å². The molecule has 21 heavy (non-hydrogen) atoms. The third kappa shape index (κ3) is 5.53. The van der Waals surface area contributed by atoms with Crippen molar-refractivity contribution >= 4 is 18.3 Å². The Morgan fingerprint density at radius 1 is 1.38 bits per heavy atom. The van der Waals surface area contributed by atoms with Gasteiger partial charge in [0.15, 0.2) is 5.82 Å². The van der Waals surface area contributed by atoms with Crippen molar-refractivity contribution in [2.24, 2.45) is 5.73 Å². The number of benzene rings is 1. The number of carbonyl (C=O) groups excluding carboxylic acids is 1. The molecule has 3 N–H and O–H groups in total. The smallest absolute Gasteiger partial charge is 0.237 e. The van der Waals surface area contributed by atoms with Gasteiger partial charge in [0.25, 0.3) is 0 Å². The number of rotatable bonds is 6. The van der Waals surface area contributed by atoms with E-state index >= 15 is 0 Å². The van der Waals surface area contributed by atoms with Gasteiger partial charge in [-0.15, -0.1) is 12.4 Å². The molecular weight excluding hydrogens is 292 g/mol. The average molecular weight is 311 g/mol. The maximum absolute atomic E-state index is 11.8. The highest BCUT2D eigenvalue weighted by Gasteiger charge is 2.13. The molecule has 1 heterocycles. The molecule has 0 saturated heterocycles. The van der Waals surface area contributed by atoms with E-state index in [0.717, 1.165) is 5.56 Å². The van der Waals surface area contributed by atoms with E-state index in [0.29, 0.717) is 31.1 Å². The average Bonchev–Trinajstić information content (AvgIpc) is 2.85. The van der Waals surface area contributed by atoms with Gasteiger partial charge in [-0.1, -0.05) is 35.5 Å². The normalized spacial score (nSPS) is 11.5. The van der Waals surface area contributed by atoms with Crippen molar-refractivity contribution in [2.75, 3.05) is 6.54 Å². The molecule has 1 unspecified atom stereocenters. The lowest BCUT2D eigenvalue weighted by Gasteiger charge is -2.11. The van der Waals surface area contributed by atoms with E-state index in [2.05, 4.69) is 15.5 Å².